The molecular weight excluding hydrogens is 254 g/mol. The molecule has 19 heavy (non-hydrogen) atoms. The van der Waals surface area contributed by atoms with Crippen LogP contribution < -0.4 is 0 Å². The summed E-state index contributed by atoms with van der Waals surface area (Å²) in [6.45, 7) is 0. The third-order valence-electron chi connectivity index (χ3n) is 4.30. The van der Waals surface area contributed by atoms with Crippen molar-refractivity contribution in [3.05, 3.63) is 35.2 Å². The zero-order valence-corrected chi connectivity index (χ0v) is 11.6. The lowest BCUT2D eigenvalue weighted by Gasteiger charge is -2.35. The molecule has 3 heteroatoms. The van der Waals surface area contributed by atoms with E-state index in [0.717, 1.165) is 36.6 Å². The number of fused-ring (bicyclic) bond motifs is 1. The van der Waals surface area contributed by atoms with E-state index in [-0.39, 0.29) is 0 Å². The minimum Gasteiger partial charge on any atom is -0.387 e. The van der Waals surface area contributed by atoms with Crippen molar-refractivity contribution in [2.24, 2.45) is 5.41 Å². The molecule has 1 N–H and O–H groups in total. The largest absolute Gasteiger partial charge is 0.387 e. The molecule has 1 saturated carbocycles. The third-order valence-corrected chi connectivity index (χ3v) is 5.28. The molecule has 0 saturated heterocycles. The zero-order chi connectivity index (χ0) is 13.3. The Bertz CT molecular complexity index is 619. The van der Waals surface area contributed by atoms with Gasteiger partial charge in [0.2, 0.25) is 0 Å². The quantitative estimate of drug-likeness (QED) is 0.879. The van der Waals surface area contributed by atoms with E-state index in [0.29, 0.717) is 0 Å². The van der Waals surface area contributed by atoms with Crippen LogP contribution in [0.4, 0.5) is 0 Å². The predicted octanol–water partition coefficient (Wildman–Crippen LogP) is 4.41. The Balaban J connectivity index is 2.03. The van der Waals surface area contributed by atoms with Gasteiger partial charge in [-0.15, -0.1) is 11.3 Å². The molecule has 1 unspecified atom stereocenters. The second-order valence-electron chi connectivity index (χ2n) is 5.42. The van der Waals surface area contributed by atoms with Crippen LogP contribution >= 0.6 is 11.3 Å². The molecule has 0 radical (unpaired) electrons. The summed E-state index contributed by atoms with van der Waals surface area (Å²) in [5.41, 5.74) is 0.353. The maximum absolute atomic E-state index is 10.8. The Morgan fingerprint density at radius 3 is 2.68 bits per heavy atom. The van der Waals surface area contributed by atoms with Crippen molar-refractivity contribution in [3.63, 3.8) is 0 Å². The SMILES string of the molecule is N#CC1(C(O)c2csc3ccccc23)CCCCC1. The summed E-state index contributed by atoms with van der Waals surface area (Å²) in [6, 6.07) is 10.5. The first-order chi connectivity index (χ1) is 9.27. The van der Waals surface area contributed by atoms with Crippen molar-refractivity contribution >= 4 is 21.4 Å². The van der Waals surface area contributed by atoms with E-state index in [1.165, 1.54) is 11.1 Å². The highest BCUT2D eigenvalue weighted by atomic mass is 32.1. The molecule has 1 fully saturated rings. The molecule has 1 aliphatic carbocycles. The molecule has 3 rings (SSSR count). The number of hydrogen-bond acceptors (Lipinski definition) is 3. The number of aliphatic hydroxyl groups is 1. The Hall–Kier alpha value is -1.37. The van der Waals surface area contributed by atoms with Gasteiger partial charge in [0.1, 0.15) is 0 Å². The molecule has 1 aromatic heterocycles. The van der Waals surface area contributed by atoms with Crippen LogP contribution in [0.1, 0.15) is 43.8 Å². The Kier molecular flexibility index (Phi) is 3.30. The summed E-state index contributed by atoms with van der Waals surface area (Å²) in [7, 11) is 0. The fourth-order valence-electron chi connectivity index (χ4n) is 3.14. The summed E-state index contributed by atoms with van der Waals surface area (Å²) in [5, 5.41) is 23.5. The molecule has 1 aliphatic rings. The molecule has 2 aromatic rings. The van der Waals surface area contributed by atoms with Crippen LogP contribution in [0.2, 0.25) is 0 Å². The van der Waals surface area contributed by atoms with Crippen molar-refractivity contribution < 1.29 is 5.11 Å². The van der Waals surface area contributed by atoms with Gasteiger partial charge in [-0.2, -0.15) is 5.26 Å². The van der Waals surface area contributed by atoms with Crippen LogP contribution in [-0.4, -0.2) is 5.11 Å². The van der Waals surface area contributed by atoms with Gasteiger partial charge in [-0.1, -0.05) is 37.5 Å². The number of nitrogens with zero attached hydrogens (tertiary/aromatic N) is 1. The smallest absolute Gasteiger partial charge is 0.0990 e. The van der Waals surface area contributed by atoms with Crippen LogP contribution in [0.3, 0.4) is 0 Å². The number of nitriles is 1. The first-order valence-corrected chi connectivity index (χ1v) is 7.70. The normalized spacial score (nSPS) is 20.0. The first-order valence-electron chi connectivity index (χ1n) is 6.82. The number of thiophene rings is 1. The lowest BCUT2D eigenvalue weighted by Crippen LogP contribution is -2.29. The van der Waals surface area contributed by atoms with Crippen molar-refractivity contribution in [3.8, 4) is 6.07 Å². The van der Waals surface area contributed by atoms with E-state index in [1.807, 2.05) is 23.6 Å². The average Bonchev–Trinajstić information content (AvgIpc) is 2.91. The lowest BCUT2D eigenvalue weighted by molar-refractivity contribution is 0.0373. The van der Waals surface area contributed by atoms with E-state index in [4.69, 9.17) is 0 Å². The van der Waals surface area contributed by atoms with Crippen LogP contribution in [0.5, 0.6) is 0 Å². The van der Waals surface area contributed by atoms with E-state index < -0.39 is 11.5 Å². The van der Waals surface area contributed by atoms with E-state index in [2.05, 4.69) is 12.1 Å². The Morgan fingerprint density at radius 1 is 1.21 bits per heavy atom. The van der Waals surface area contributed by atoms with E-state index >= 15 is 0 Å². The minimum atomic E-state index is -0.658. The van der Waals surface area contributed by atoms with Crippen molar-refractivity contribution in [1.29, 1.82) is 5.26 Å². The van der Waals surface area contributed by atoms with Crippen molar-refractivity contribution in [2.45, 2.75) is 38.2 Å². The van der Waals surface area contributed by atoms with Crippen molar-refractivity contribution in [2.75, 3.05) is 0 Å². The number of rotatable bonds is 2. The molecule has 0 bridgehead atoms. The second kappa shape index (κ2) is 4.96. The molecule has 98 valence electrons. The van der Waals surface area contributed by atoms with Crippen LogP contribution in [-0.2, 0) is 0 Å². The van der Waals surface area contributed by atoms with Crippen molar-refractivity contribution in [1.82, 2.24) is 0 Å². The van der Waals surface area contributed by atoms with Gasteiger partial charge in [0.25, 0.3) is 0 Å². The summed E-state index contributed by atoms with van der Waals surface area (Å²) in [6.07, 6.45) is 4.25. The second-order valence-corrected chi connectivity index (χ2v) is 6.33. The maximum Gasteiger partial charge on any atom is 0.0990 e. The first kappa shape index (κ1) is 12.7. The van der Waals surface area contributed by atoms with E-state index in [1.54, 1.807) is 11.3 Å². The van der Waals surface area contributed by atoms with Gasteiger partial charge in [-0.25, -0.2) is 0 Å². The average molecular weight is 271 g/mol. The molecule has 0 spiro atoms. The van der Waals surface area contributed by atoms with Gasteiger partial charge in [0.15, 0.2) is 0 Å². The topological polar surface area (TPSA) is 44.0 Å². The third kappa shape index (κ3) is 2.05. The minimum absolute atomic E-state index is 0.581. The zero-order valence-electron chi connectivity index (χ0n) is 10.8. The Labute approximate surface area is 117 Å². The summed E-state index contributed by atoms with van der Waals surface area (Å²) in [4.78, 5) is 0. The van der Waals surface area contributed by atoms with Gasteiger partial charge >= 0.3 is 0 Å². The number of hydrogen-bond donors (Lipinski definition) is 1. The highest BCUT2D eigenvalue weighted by Gasteiger charge is 2.41. The van der Waals surface area contributed by atoms with Crippen LogP contribution in [0.25, 0.3) is 10.1 Å². The molecule has 1 heterocycles. The monoisotopic (exact) mass is 271 g/mol. The van der Waals surface area contributed by atoms with Gasteiger partial charge in [0, 0.05) is 10.3 Å². The highest BCUT2D eigenvalue weighted by Crippen LogP contribution is 2.47. The Morgan fingerprint density at radius 2 is 1.95 bits per heavy atom. The van der Waals surface area contributed by atoms with E-state index in [9.17, 15) is 10.4 Å². The van der Waals surface area contributed by atoms with Gasteiger partial charge in [0.05, 0.1) is 17.6 Å². The van der Waals surface area contributed by atoms with Gasteiger partial charge in [-0.05, 0) is 29.7 Å². The summed E-state index contributed by atoms with van der Waals surface area (Å²) in [5.74, 6) is 0. The van der Waals surface area contributed by atoms with Crippen LogP contribution in [0, 0.1) is 16.7 Å². The molecule has 0 amide bonds. The molecule has 1 aromatic carbocycles. The molecule has 2 nitrogen and oxygen atoms in total. The van der Waals surface area contributed by atoms with Crippen LogP contribution in [0.15, 0.2) is 29.6 Å². The number of benzene rings is 1. The molecular formula is C16H17NOS. The maximum atomic E-state index is 10.8. The predicted molar refractivity (Wildman–Crippen MR) is 77.9 cm³/mol. The van der Waals surface area contributed by atoms with Gasteiger partial charge in [-0.3, -0.25) is 0 Å². The standard InChI is InChI=1S/C16H17NOS/c17-11-16(8-4-1-5-9-16)15(18)13-10-19-14-7-3-2-6-12(13)14/h2-3,6-7,10,15,18H,1,4-5,8-9H2. The lowest BCUT2D eigenvalue weighted by atomic mass is 9.69. The fraction of sp³-hybridized carbons (Fsp3) is 0.438. The van der Waals surface area contributed by atoms with Gasteiger partial charge < -0.3 is 5.11 Å². The molecule has 0 aliphatic heterocycles. The summed E-state index contributed by atoms with van der Waals surface area (Å²) >= 11 is 1.65. The molecule has 1 atom stereocenters. The highest BCUT2D eigenvalue weighted by molar-refractivity contribution is 7.17. The summed E-state index contributed by atoms with van der Waals surface area (Å²) < 4.78 is 1.18. The fourth-order valence-corrected chi connectivity index (χ4v) is 4.12. The number of aliphatic hydroxyl groups excluding tert-OH is 1.